The minimum atomic E-state index is -0.222. The molecule has 19 heavy (non-hydrogen) atoms. The molecule has 0 aliphatic rings. The zero-order valence-corrected chi connectivity index (χ0v) is 11.0. The first kappa shape index (κ1) is 13.1. The van der Waals surface area contributed by atoms with Gasteiger partial charge in [0.25, 0.3) is 5.56 Å². The summed E-state index contributed by atoms with van der Waals surface area (Å²) in [6.07, 6.45) is 0.921. The van der Waals surface area contributed by atoms with Crippen molar-refractivity contribution in [3.63, 3.8) is 0 Å². The van der Waals surface area contributed by atoms with E-state index in [0.29, 0.717) is 23.8 Å². The van der Waals surface area contributed by atoms with Crippen molar-refractivity contribution in [2.45, 2.75) is 13.3 Å². The van der Waals surface area contributed by atoms with Crippen molar-refractivity contribution in [2.75, 3.05) is 13.7 Å². The van der Waals surface area contributed by atoms with Gasteiger partial charge >= 0.3 is 0 Å². The molecule has 0 amide bonds. The van der Waals surface area contributed by atoms with Crippen LogP contribution in [0.25, 0.3) is 11.3 Å². The fourth-order valence-electron chi connectivity index (χ4n) is 1.67. The molecular formula is C14H16N2O3. The number of methoxy groups -OCH3 is 1. The Hall–Kier alpha value is -2.30. The molecule has 1 aromatic carbocycles. The number of ether oxygens (including phenoxy) is 2. The van der Waals surface area contributed by atoms with Gasteiger partial charge < -0.3 is 9.47 Å². The molecule has 0 aliphatic heterocycles. The second kappa shape index (κ2) is 6.04. The molecule has 0 bridgehead atoms. The van der Waals surface area contributed by atoms with E-state index in [-0.39, 0.29) is 5.56 Å². The summed E-state index contributed by atoms with van der Waals surface area (Å²) in [5.41, 5.74) is 1.33. The minimum absolute atomic E-state index is 0.222. The molecule has 100 valence electrons. The van der Waals surface area contributed by atoms with Crippen LogP contribution in [0.2, 0.25) is 0 Å². The molecule has 5 heteroatoms. The maximum atomic E-state index is 11.0. The standard InChI is InChI=1S/C14H16N2O3/c1-3-8-19-13-9-10(4-6-12(13)18-2)11-5-7-14(17)16-15-11/h4-7,9H,3,8H2,1-2H3,(H,16,17). The van der Waals surface area contributed by atoms with Crippen LogP contribution in [0.5, 0.6) is 11.5 Å². The summed E-state index contributed by atoms with van der Waals surface area (Å²) in [5, 5.41) is 6.40. The molecule has 0 saturated carbocycles. The van der Waals surface area contributed by atoms with E-state index in [1.165, 1.54) is 6.07 Å². The molecule has 1 N–H and O–H groups in total. The number of aromatic nitrogens is 2. The van der Waals surface area contributed by atoms with E-state index in [1.54, 1.807) is 13.2 Å². The third-order valence-corrected chi connectivity index (χ3v) is 2.60. The molecule has 0 atom stereocenters. The van der Waals surface area contributed by atoms with Crippen molar-refractivity contribution >= 4 is 0 Å². The number of rotatable bonds is 5. The van der Waals surface area contributed by atoms with Gasteiger partial charge in [0.15, 0.2) is 11.5 Å². The summed E-state index contributed by atoms with van der Waals surface area (Å²) in [6, 6.07) is 8.67. The first-order chi connectivity index (χ1) is 9.24. The van der Waals surface area contributed by atoms with E-state index < -0.39 is 0 Å². The zero-order valence-electron chi connectivity index (χ0n) is 11.0. The van der Waals surface area contributed by atoms with Gasteiger partial charge in [-0.2, -0.15) is 5.10 Å². The first-order valence-electron chi connectivity index (χ1n) is 6.11. The first-order valence-corrected chi connectivity index (χ1v) is 6.11. The fourth-order valence-corrected chi connectivity index (χ4v) is 1.67. The highest BCUT2D eigenvalue weighted by molar-refractivity contribution is 5.63. The van der Waals surface area contributed by atoms with Crippen molar-refractivity contribution in [2.24, 2.45) is 0 Å². The Morgan fingerprint density at radius 3 is 2.68 bits per heavy atom. The summed E-state index contributed by atoms with van der Waals surface area (Å²) in [6.45, 7) is 2.67. The van der Waals surface area contributed by atoms with Crippen LogP contribution in [0.3, 0.4) is 0 Å². The molecule has 2 aromatic rings. The zero-order chi connectivity index (χ0) is 13.7. The van der Waals surface area contributed by atoms with Crippen LogP contribution in [0.4, 0.5) is 0 Å². The summed E-state index contributed by atoms with van der Waals surface area (Å²) in [4.78, 5) is 11.0. The van der Waals surface area contributed by atoms with Crippen LogP contribution in [-0.4, -0.2) is 23.9 Å². The lowest BCUT2D eigenvalue weighted by Crippen LogP contribution is -2.05. The highest BCUT2D eigenvalue weighted by Gasteiger charge is 2.08. The van der Waals surface area contributed by atoms with Gasteiger partial charge in [-0.3, -0.25) is 4.79 Å². The number of benzene rings is 1. The van der Waals surface area contributed by atoms with Crippen LogP contribution in [0, 0.1) is 0 Å². The molecule has 0 aliphatic carbocycles. The summed E-state index contributed by atoms with van der Waals surface area (Å²) in [7, 11) is 1.60. The lowest BCUT2D eigenvalue weighted by Gasteiger charge is -2.11. The van der Waals surface area contributed by atoms with E-state index in [0.717, 1.165) is 12.0 Å². The predicted octanol–water partition coefficient (Wildman–Crippen LogP) is 2.23. The van der Waals surface area contributed by atoms with Gasteiger partial charge in [0.2, 0.25) is 0 Å². The lowest BCUT2D eigenvalue weighted by molar-refractivity contribution is 0.294. The molecular weight excluding hydrogens is 244 g/mol. The van der Waals surface area contributed by atoms with E-state index in [4.69, 9.17) is 9.47 Å². The van der Waals surface area contributed by atoms with Gasteiger partial charge in [-0.15, -0.1) is 0 Å². The van der Waals surface area contributed by atoms with Gasteiger partial charge in [0.05, 0.1) is 19.4 Å². The third kappa shape index (κ3) is 3.13. The third-order valence-electron chi connectivity index (χ3n) is 2.60. The predicted molar refractivity (Wildman–Crippen MR) is 72.6 cm³/mol. The summed E-state index contributed by atoms with van der Waals surface area (Å²) < 4.78 is 10.9. The smallest absolute Gasteiger partial charge is 0.264 e. The molecule has 0 spiro atoms. The Morgan fingerprint density at radius 1 is 1.21 bits per heavy atom. The maximum Gasteiger partial charge on any atom is 0.264 e. The van der Waals surface area contributed by atoms with Crippen molar-refractivity contribution in [3.05, 3.63) is 40.7 Å². The highest BCUT2D eigenvalue weighted by atomic mass is 16.5. The number of nitrogens with one attached hydrogen (secondary N) is 1. The van der Waals surface area contributed by atoms with Crippen molar-refractivity contribution in [1.29, 1.82) is 0 Å². The van der Waals surface area contributed by atoms with Crippen LogP contribution in [-0.2, 0) is 0 Å². The monoisotopic (exact) mass is 260 g/mol. The molecule has 1 aromatic heterocycles. The van der Waals surface area contributed by atoms with Gasteiger partial charge in [0, 0.05) is 11.6 Å². The Bertz CT molecular complexity index is 587. The molecule has 5 nitrogen and oxygen atoms in total. The maximum absolute atomic E-state index is 11.0. The molecule has 1 heterocycles. The highest BCUT2D eigenvalue weighted by Crippen LogP contribution is 2.31. The summed E-state index contributed by atoms with van der Waals surface area (Å²) in [5.74, 6) is 1.36. The second-order valence-corrected chi connectivity index (χ2v) is 4.02. The van der Waals surface area contributed by atoms with Crippen molar-refractivity contribution in [3.8, 4) is 22.8 Å². The van der Waals surface area contributed by atoms with Crippen LogP contribution in [0.15, 0.2) is 35.1 Å². The van der Waals surface area contributed by atoms with E-state index in [2.05, 4.69) is 10.2 Å². The number of H-pyrrole nitrogens is 1. The molecule has 0 radical (unpaired) electrons. The van der Waals surface area contributed by atoms with Crippen LogP contribution < -0.4 is 15.0 Å². The van der Waals surface area contributed by atoms with Crippen molar-refractivity contribution in [1.82, 2.24) is 10.2 Å². The number of aromatic amines is 1. The van der Waals surface area contributed by atoms with E-state index in [1.807, 2.05) is 25.1 Å². The molecule has 0 fully saturated rings. The van der Waals surface area contributed by atoms with E-state index in [9.17, 15) is 4.79 Å². The fraction of sp³-hybridized carbons (Fsp3) is 0.286. The van der Waals surface area contributed by atoms with Gasteiger partial charge in [-0.25, -0.2) is 5.10 Å². The topological polar surface area (TPSA) is 64.2 Å². The quantitative estimate of drug-likeness (QED) is 0.895. The molecule has 0 unspecified atom stereocenters. The van der Waals surface area contributed by atoms with Crippen molar-refractivity contribution < 1.29 is 9.47 Å². The van der Waals surface area contributed by atoms with Gasteiger partial charge in [0.1, 0.15) is 0 Å². The SMILES string of the molecule is CCCOc1cc(-c2ccc(=O)[nH]n2)ccc1OC. The average molecular weight is 260 g/mol. The molecule has 0 saturated heterocycles. The largest absolute Gasteiger partial charge is 0.493 e. The number of hydrogen-bond acceptors (Lipinski definition) is 4. The van der Waals surface area contributed by atoms with Crippen LogP contribution in [0.1, 0.15) is 13.3 Å². The molecule has 2 rings (SSSR count). The minimum Gasteiger partial charge on any atom is -0.493 e. The van der Waals surface area contributed by atoms with E-state index >= 15 is 0 Å². The number of nitrogens with zero attached hydrogens (tertiary/aromatic N) is 1. The number of hydrogen-bond donors (Lipinski definition) is 1. The Balaban J connectivity index is 2.36. The Morgan fingerprint density at radius 2 is 2.05 bits per heavy atom. The summed E-state index contributed by atoms with van der Waals surface area (Å²) >= 11 is 0. The Kier molecular flexibility index (Phi) is 4.18. The Labute approximate surface area is 111 Å². The average Bonchev–Trinajstić information content (AvgIpc) is 2.45. The lowest BCUT2D eigenvalue weighted by atomic mass is 10.1. The van der Waals surface area contributed by atoms with Crippen LogP contribution >= 0.6 is 0 Å². The van der Waals surface area contributed by atoms with Gasteiger partial charge in [-0.1, -0.05) is 6.92 Å². The second-order valence-electron chi connectivity index (χ2n) is 4.02. The van der Waals surface area contributed by atoms with Gasteiger partial charge in [-0.05, 0) is 30.7 Å². The normalized spacial score (nSPS) is 10.2.